The first-order valence-corrected chi connectivity index (χ1v) is 9.59. The number of imidazole rings is 1. The largest absolute Gasteiger partial charge is 0.354 e. The van der Waals surface area contributed by atoms with Gasteiger partial charge in [0.1, 0.15) is 5.82 Å². The van der Waals surface area contributed by atoms with Gasteiger partial charge < -0.3 is 15.2 Å². The summed E-state index contributed by atoms with van der Waals surface area (Å²) in [4.78, 5) is 8.83. The molecule has 0 amide bonds. The minimum Gasteiger partial charge on any atom is -0.354 e. The standard InChI is InChI=1S/C21H33N5.HI/c1-17(2)9-8-10-18(3)25-21(22-4)24-15-20-23-13-14-26(20)16-19-11-6-5-7-12-19;/h5-7,11-14,17-18H,8-10,15-16H2,1-4H3,(H2,22,24,25);1H. The molecular weight excluding hydrogens is 449 g/mol. The molecule has 2 rings (SSSR count). The zero-order chi connectivity index (χ0) is 18.8. The number of nitrogens with zero attached hydrogens (tertiary/aromatic N) is 3. The van der Waals surface area contributed by atoms with Gasteiger partial charge in [-0.05, 0) is 24.8 Å². The minimum atomic E-state index is 0. The third-order valence-electron chi connectivity index (χ3n) is 4.44. The molecule has 0 radical (unpaired) electrons. The topological polar surface area (TPSA) is 54.2 Å². The number of aliphatic imine (C=N–C) groups is 1. The number of benzene rings is 1. The van der Waals surface area contributed by atoms with Crippen LogP contribution in [0.4, 0.5) is 0 Å². The summed E-state index contributed by atoms with van der Waals surface area (Å²) in [7, 11) is 1.81. The van der Waals surface area contributed by atoms with Gasteiger partial charge in [-0.3, -0.25) is 4.99 Å². The third kappa shape index (κ3) is 8.77. The summed E-state index contributed by atoms with van der Waals surface area (Å²) in [6.07, 6.45) is 7.54. The lowest BCUT2D eigenvalue weighted by Gasteiger charge is -2.18. The number of halogens is 1. The fraction of sp³-hybridized carbons (Fsp3) is 0.524. The number of aromatic nitrogens is 2. The molecule has 27 heavy (non-hydrogen) atoms. The molecule has 1 unspecified atom stereocenters. The number of hydrogen-bond acceptors (Lipinski definition) is 2. The molecule has 0 saturated carbocycles. The SMILES string of the molecule is CN=C(NCc1nccn1Cc1ccccc1)NC(C)CCCC(C)C.I. The summed E-state index contributed by atoms with van der Waals surface area (Å²) in [6, 6.07) is 10.8. The molecule has 0 aliphatic heterocycles. The van der Waals surface area contributed by atoms with Crippen LogP contribution in [0.15, 0.2) is 47.7 Å². The summed E-state index contributed by atoms with van der Waals surface area (Å²) in [6.45, 7) is 8.24. The van der Waals surface area contributed by atoms with Crippen LogP contribution in [0.2, 0.25) is 0 Å². The number of nitrogens with one attached hydrogen (secondary N) is 2. The Morgan fingerprint density at radius 2 is 1.89 bits per heavy atom. The van der Waals surface area contributed by atoms with E-state index in [1.807, 2.05) is 25.5 Å². The Morgan fingerprint density at radius 3 is 2.56 bits per heavy atom. The average Bonchev–Trinajstić information content (AvgIpc) is 3.06. The van der Waals surface area contributed by atoms with Gasteiger partial charge in [0.05, 0.1) is 6.54 Å². The first-order valence-electron chi connectivity index (χ1n) is 9.59. The van der Waals surface area contributed by atoms with E-state index in [1.165, 1.54) is 18.4 Å². The number of rotatable bonds is 9. The molecular formula is C21H34IN5. The molecule has 1 heterocycles. The monoisotopic (exact) mass is 483 g/mol. The van der Waals surface area contributed by atoms with Gasteiger partial charge in [-0.1, -0.05) is 57.0 Å². The fourth-order valence-electron chi connectivity index (χ4n) is 2.93. The predicted octanol–water partition coefficient (Wildman–Crippen LogP) is 4.43. The zero-order valence-electron chi connectivity index (χ0n) is 17.0. The van der Waals surface area contributed by atoms with Crippen LogP contribution in [0.25, 0.3) is 0 Å². The van der Waals surface area contributed by atoms with Crippen molar-refractivity contribution in [2.24, 2.45) is 10.9 Å². The van der Waals surface area contributed by atoms with E-state index in [9.17, 15) is 0 Å². The van der Waals surface area contributed by atoms with Crippen molar-refractivity contribution in [3.63, 3.8) is 0 Å². The van der Waals surface area contributed by atoms with Crippen molar-refractivity contribution in [1.29, 1.82) is 0 Å². The van der Waals surface area contributed by atoms with Crippen molar-refractivity contribution in [3.05, 3.63) is 54.1 Å². The summed E-state index contributed by atoms with van der Waals surface area (Å²) in [5, 5.41) is 6.86. The van der Waals surface area contributed by atoms with E-state index >= 15 is 0 Å². The summed E-state index contributed by atoms with van der Waals surface area (Å²) < 4.78 is 2.17. The van der Waals surface area contributed by atoms with Crippen LogP contribution in [0.1, 0.15) is 51.4 Å². The molecule has 2 N–H and O–H groups in total. The van der Waals surface area contributed by atoms with Crippen molar-refractivity contribution in [2.45, 2.75) is 59.2 Å². The fourth-order valence-corrected chi connectivity index (χ4v) is 2.93. The van der Waals surface area contributed by atoms with Crippen molar-refractivity contribution < 1.29 is 0 Å². The zero-order valence-corrected chi connectivity index (χ0v) is 19.3. The van der Waals surface area contributed by atoms with Gasteiger partial charge >= 0.3 is 0 Å². The second-order valence-electron chi connectivity index (χ2n) is 7.25. The molecule has 2 aromatic rings. The molecule has 0 fully saturated rings. The van der Waals surface area contributed by atoms with Gasteiger partial charge in [0.25, 0.3) is 0 Å². The highest BCUT2D eigenvalue weighted by atomic mass is 127. The van der Waals surface area contributed by atoms with E-state index in [4.69, 9.17) is 0 Å². The van der Waals surface area contributed by atoms with Crippen LogP contribution in [-0.4, -0.2) is 28.6 Å². The van der Waals surface area contributed by atoms with Gasteiger partial charge in [0, 0.05) is 32.0 Å². The van der Waals surface area contributed by atoms with E-state index < -0.39 is 0 Å². The number of hydrogen-bond donors (Lipinski definition) is 2. The van der Waals surface area contributed by atoms with Crippen LogP contribution in [-0.2, 0) is 13.1 Å². The first-order chi connectivity index (χ1) is 12.6. The maximum Gasteiger partial charge on any atom is 0.191 e. The first kappa shape index (κ1) is 23.5. The van der Waals surface area contributed by atoms with E-state index in [1.54, 1.807) is 0 Å². The average molecular weight is 483 g/mol. The Labute approximate surface area is 181 Å². The molecule has 0 spiro atoms. The highest BCUT2D eigenvalue weighted by Gasteiger charge is 2.08. The quantitative estimate of drug-likeness (QED) is 0.315. The number of guanidine groups is 1. The molecule has 150 valence electrons. The third-order valence-corrected chi connectivity index (χ3v) is 4.44. The van der Waals surface area contributed by atoms with E-state index in [2.05, 4.69) is 70.2 Å². The van der Waals surface area contributed by atoms with Crippen LogP contribution in [0.3, 0.4) is 0 Å². The second-order valence-corrected chi connectivity index (χ2v) is 7.25. The van der Waals surface area contributed by atoms with Crippen molar-refractivity contribution in [3.8, 4) is 0 Å². The maximum atomic E-state index is 4.48. The Balaban J connectivity index is 0.00000364. The lowest BCUT2D eigenvalue weighted by Crippen LogP contribution is -2.42. The van der Waals surface area contributed by atoms with E-state index in [0.29, 0.717) is 12.6 Å². The summed E-state index contributed by atoms with van der Waals surface area (Å²) in [5.74, 6) is 2.60. The van der Waals surface area contributed by atoms with Gasteiger partial charge in [-0.15, -0.1) is 24.0 Å². The second kappa shape index (κ2) is 12.8. The lowest BCUT2D eigenvalue weighted by molar-refractivity contribution is 0.491. The Kier molecular flexibility index (Phi) is 11.1. The van der Waals surface area contributed by atoms with Crippen molar-refractivity contribution in [2.75, 3.05) is 7.05 Å². The Hall–Kier alpha value is -1.57. The summed E-state index contributed by atoms with van der Waals surface area (Å²) in [5.41, 5.74) is 1.27. The van der Waals surface area contributed by atoms with E-state index in [0.717, 1.165) is 30.7 Å². The minimum absolute atomic E-state index is 0. The molecule has 0 bridgehead atoms. The molecule has 0 aliphatic carbocycles. The molecule has 0 aliphatic rings. The highest BCUT2D eigenvalue weighted by molar-refractivity contribution is 14.0. The van der Waals surface area contributed by atoms with Gasteiger partial charge in [-0.25, -0.2) is 4.98 Å². The Morgan fingerprint density at radius 1 is 1.15 bits per heavy atom. The van der Waals surface area contributed by atoms with Gasteiger partial charge in [-0.2, -0.15) is 0 Å². The lowest BCUT2D eigenvalue weighted by atomic mass is 10.0. The Bertz CT molecular complexity index is 666. The molecule has 5 nitrogen and oxygen atoms in total. The molecule has 1 aromatic carbocycles. The van der Waals surface area contributed by atoms with Crippen LogP contribution < -0.4 is 10.6 Å². The highest BCUT2D eigenvalue weighted by Crippen LogP contribution is 2.08. The predicted molar refractivity (Wildman–Crippen MR) is 125 cm³/mol. The van der Waals surface area contributed by atoms with Crippen LogP contribution >= 0.6 is 24.0 Å². The molecule has 1 aromatic heterocycles. The molecule has 0 saturated heterocycles. The van der Waals surface area contributed by atoms with Crippen LogP contribution in [0.5, 0.6) is 0 Å². The molecule has 1 atom stereocenters. The molecule has 6 heteroatoms. The van der Waals surface area contributed by atoms with Gasteiger partial charge in [0.2, 0.25) is 0 Å². The summed E-state index contributed by atoms with van der Waals surface area (Å²) >= 11 is 0. The van der Waals surface area contributed by atoms with Crippen LogP contribution in [0, 0.1) is 5.92 Å². The maximum absolute atomic E-state index is 4.48. The van der Waals surface area contributed by atoms with Gasteiger partial charge in [0.15, 0.2) is 5.96 Å². The van der Waals surface area contributed by atoms with E-state index in [-0.39, 0.29) is 24.0 Å². The van der Waals surface area contributed by atoms with Crippen molar-refractivity contribution in [1.82, 2.24) is 20.2 Å². The normalized spacial score (nSPS) is 12.6. The van der Waals surface area contributed by atoms with Crippen molar-refractivity contribution >= 4 is 29.9 Å². The smallest absolute Gasteiger partial charge is 0.191 e.